The highest BCUT2D eigenvalue weighted by Gasteiger charge is 2.25. The van der Waals surface area contributed by atoms with Gasteiger partial charge < -0.3 is 18.9 Å². The van der Waals surface area contributed by atoms with Crippen molar-refractivity contribution in [1.82, 2.24) is 0 Å². The molecule has 0 aromatic rings. The fourth-order valence-corrected chi connectivity index (χ4v) is 4.20. The zero-order valence-corrected chi connectivity index (χ0v) is 23.3. The van der Waals surface area contributed by atoms with Crippen LogP contribution in [-0.4, -0.2) is 76.1 Å². The zero-order chi connectivity index (χ0) is 25.5. The molecule has 0 saturated heterocycles. The summed E-state index contributed by atoms with van der Waals surface area (Å²) in [5.41, 5.74) is 0. The Labute approximate surface area is 208 Å². The zero-order valence-electron chi connectivity index (χ0n) is 22.4. The lowest BCUT2D eigenvalue weighted by Gasteiger charge is -2.24. The fraction of sp³-hybridized carbons (Fsp3) is 0.960. The molecule has 0 fully saturated rings. The second kappa shape index (κ2) is 21.8. The molecule has 0 aliphatic heterocycles. The highest BCUT2D eigenvalue weighted by atomic mass is 31.2. The lowest BCUT2D eigenvalue weighted by molar-refractivity contribution is -0.870. The van der Waals surface area contributed by atoms with Gasteiger partial charge in [0.2, 0.25) is 0 Å². The quantitative estimate of drug-likeness (QED) is 0.0674. The fourth-order valence-electron chi connectivity index (χ4n) is 3.46. The van der Waals surface area contributed by atoms with Crippen molar-refractivity contribution < 1.29 is 37.3 Å². The van der Waals surface area contributed by atoms with Gasteiger partial charge in [0.15, 0.2) is 0 Å². The highest BCUT2D eigenvalue weighted by molar-refractivity contribution is 7.47. The molecule has 0 spiro atoms. The third-order valence-electron chi connectivity index (χ3n) is 5.63. The molecule has 0 aromatic heterocycles. The van der Waals surface area contributed by atoms with Gasteiger partial charge in [0.1, 0.15) is 19.3 Å². The monoisotopic (exact) mass is 510 g/mol. The average Bonchev–Trinajstić information content (AvgIpc) is 2.76. The van der Waals surface area contributed by atoms with E-state index in [4.69, 9.17) is 18.5 Å². The molecule has 0 amide bonds. The number of likely N-dealkylation sites (N-methyl/N-ethyl adjacent to an activating group) is 1. The molecule has 0 bridgehead atoms. The molecule has 0 aliphatic carbocycles. The van der Waals surface area contributed by atoms with E-state index < -0.39 is 13.9 Å². The molecule has 9 heteroatoms. The number of unbranched alkanes of at least 4 members (excludes halogenated alkanes) is 13. The Morgan fingerprint density at radius 2 is 1.26 bits per heavy atom. The molecule has 204 valence electrons. The van der Waals surface area contributed by atoms with Crippen molar-refractivity contribution >= 4 is 14.3 Å². The number of phosphoric ester groups is 1. The number of nitrogens with zero attached hydrogens (tertiary/aromatic N) is 1. The average molecular weight is 511 g/mol. The molecule has 2 atom stereocenters. The van der Waals surface area contributed by atoms with Gasteiger partial charge >= 0.3 is 7.82 Å². The van der Waals surface area contributed by atoms with E-state index in [0.29, 0.717) is 24.1 Å². The number of hydrogen-bond acceptors (Lipinski definition) is 6. The van der Waals surface area contributed by atoms with E-state index in [1.807, 2.05) is 21.1 Å². The lowest BCUT2D eigenvalue weighted by Crippen LogP contribution is -2.37. The van der Waals surface area contributed by atoms with Crippen molar-refractivity contribution in [2.75, 3.05) is 54.1 Å². The van der Waals surface area contributed by atoms with Crippen molar-refractivity contribution in [2.24, 2.45) is 0 Å². The Balaban J connectivity index is 3.65. The number of quaternary nitrogens is 1. The minimum Gasteiger partial charge on any atom is -0.460 e. The summed E-state index contributed by atoms with van der Waals surface area (Å²) >= 11 is 0. The molecule has 34 heavy (non-hydrogen) atoms. The summed E-state index contributed by atoms with van der Waals surface area (Å²) in [4.78, 5) is 20.5. The van der Waals surface area contributed by atoms with E-state index in [9.17, 15) is 14.3 Å². The highest BCUT2D eigenvalue weighted by Crippen LogP contribution is 2.43. The van der Waals surface area contributed by atoms with Crippen LogP contribution in [0.2, 0.25) is 0 Å². The van der Waals surface area contributed by atoms with Crippen molar-refractivity contribution in [1.29, 1.82) is 0 Å². The maximum Gasteiger partial charge on any atom is 0.472 e. The first-order valence-electron chi connectivity index (χ1n) is 13.3. The smallest absolute Gasteiger partial charge is 0.460 e. The van der Waals surface area contributed by atoms with Gasteiger partial charge in [-0.2, -0.15) is 0 Å². The van der Waals surface area contributed by atoms with Crippen LogP contribution in [0.5, 0.6) is 0 Å². The summed E-state index contributed by atoms with van der Waals surface area (Å²) in [5.74, 6) is 0. The summed E-state index contributed by atoms with van der Waals surface area (Å²) in [5, 5.41) is 0. The normalized spacial score (nSPS) is 14.6. The van der Waals surface area contributed by atoms with E-state index in [0.717, 1.165) is 12.8 Å². The van der Waals surface area contributed by atoms with Crippen LogP contribution in [0.1, 0.15) is 96.8 Å². The van der Waals surface area contributed by atoms with Crippen molar-refractivity contribution in [3.63, 3.8) is 0 Å². The molecule has 0 rings (SSSR count). The molecule has 0 aromatic carbocycles. The number of ether oxygens (including phenoxy) is 2. The molecule has 0 heterocycles. The first kappa shape index (κ1) is 33.5. The van der Waals surface area contributed by atoms with Crippen molar-refractivity contribution in [3.8, 4) is 0 Å². The van der Waals surface area contributed by atoms with Gasteiger partial charge in [-0.15, -0.1) is 0 Å². The van der Waals surface area contributed by atoms with Gasteiger partial charge in [-0.3, -0.25) is 13.8 Å². The molecular weight excluding hydrogens is 457 g/mol. The largest absolute Gasteiger partial charge is 0.472 e. The maximum absolute atomic E-state index is 12.0. The summed E-state index contributed by atoms with van der Waals surface area (Å²) in [6.45, 7) is 3.63. The molecule has 8 nitrogen and oxygen atoms in total. The van der Waals surface area contributed by atoms with Crippen LogP contribution < -0.4 is 0 Å². The first-order valence-corrected chi connectivity index (χ1v) is 14.8. The Morgan fingerprint density at radius 1 is 0.765 bits per heavy atom. The van der Waals surface area contributed by atoms with Gasteiger partial charge in [-0.25, -0.2) is 4.57 Å². The van der Waals surface area contributed by atoms with E-state index in [1.54, 1.807) is 0 Å². The maximum atomic E-state index is 12.0. The van der Waals surface area contributed by atoms with Crippen molar-refractivity contribution in [2.45, 2.75) is 103 Å². The lowest BCUT2D eigenvalue weighted by atomic mass is 10.0. The van der Waals surface area contributed by atoms with Gasteiger partial charge in [0.05, 0.1) is 34.4 Å². The summed E-state index contributed by atoms with van der Waals surface area (Å²) in [6.07, 6.45) is 17.4. The van der Waals surface area contributed by atoms with Crippen LogP contribution in [0.25, 0.3) is 0 Å². The van der Waals surface area contributed by atoms with Crippen LogP contribution in [0.4, 0.5) is 0 Å². The molecular formula is C25H53NO7P+. The molecule has 0 aliphatic rings. The van der Waals surface area contributed by atoms with E-state index in [1.165, 1.54) is 77.0 Å². The molecule has 0 saturated carbocycles. The van der Waals surface area contributed by atoms with Gasteiger partial charge in [0, 0.05) is 6.61 Å². The molecule has 2 unspecified atom stereocenters. The summed E-state index contributed by atoms with van der Waals surface area (Å²) in [6, 6.07) is 0. The van der Waals surface area contributed by atoms with Crippen LogP contribution in [0, 0.1) is 0 Å². The number of carbonyl (C=O) groups is 1. The minimum absolute atomic E-state index is 0.0894. The number of hydrogen-bond donors (Lipinski definition) is 1. The van der Waals surface area contributed by atoms with Crippen LogP contribution in [-0.2, 0) is 27.9 Å². The Hall–Kier alpha value is -0.500. The number of carbonyl (C=O) groups excluding carboxylic acids is 1. The number of phosphoric acid groups is 1. The second-order valence-electron chi connectivity index (χ2n) is 10.1. The summed E-state index contributed by atoms with van der Waals surface area (Å²) in [7, 11) is 1.67. The molecule has 1 N–H and O–H groups in total. The first-order chi connectivity index (χ1) is 16.2. The van der Waals surface area contributed by atoms with Crippen LogP contribution in [0.3, 0.4) is 0 Å². The SMILES string of the molecule is CCCCCCCCCCCCCCCCOCC(COP(=O)(O)OCC[N+](C)(C)C)OC=O. The van der Waals surface area contributed by atoms with Crippen LogP contribution in [0.15, 0.2) is 0 Å². The minimum atomic E-state index is -4.19. The van der Waals surface area contributed by atoms with Crippen LogP contribution >= 0.6 is 7.82 Å². The predicted octanol–water partition coefficient (Wildman–Crippen LogP) is 5.87. The standard InChI is InChI=1S/C25H52NO7P/c1-5-6-7-8-9-10-11-12-13-14-15-16-17-18-20-30-22-25(31-24-27)23-33-34(28,29)32-21-19-26(2,3)4/h24-25H,5-23H2,1-4H3/p+1. The van der Waals surface area contributed by atoms with Gasteiger partial charge in [-0.1, -0.05) is 90.4 Å². The van der Waals surface area contributed by atoms with Gasteiger partial charge in [0.25, 0.3) is 6.47 Å². The topological polar surface area (TPSA) is 91.3 Å². The predicted molar refractivity (Wildman–Crippen MR) is 137 cm³/mol. The van der Waals surface area contributed by atoms with Gasteiger partial charge in [-0.05, 0) is 6.42 Å². The summed E-state index contributed by atoms with van der Waals surface area (Å²) < 4.78 is 32.9. The number of rotatable bonds is 26. The Bertz CT molecular complexity index is 514. The van der Waals surface area contributed by atoms with E-state index >= 15 is 0 Å². The van der Waals surface area contributed by atoms with E-state index in [-0.39, 0.29) is 19.8 Å². The van der Waals surface area contributed by atoms with E-state index in [2.05, 4.69) is 6.92 Å². The molecule has 0 radical (unpaired) electrons. The third kappa shape index (κ3) is 24.6. The third-order valence-corrected chi connectivity index (χ3v) is 6.62. The second-order valence-corrected chi connectivity index (χ2v) is 11.6. The van der Waals surface area contributed by atoms with Crippen molar-refractivity contribution in [3.05, 3.63) is 0 Å². The Morgan fingerprint density at radius 3 is 1.74 bits per heavy atom. The Kier molecular flexibility index (Phi) is 21.4.